The highest BCUT2D eigenvalue weighted by atomic mass is 16.6. The quantitative estimate of drug-likeness (QED) is 0.0189. The zero-order chi connectivity index (χ0) is 98.7. The number of ether oxygens (including phenoxy) is 3. The molecule has 6 aromatic carbocycles. The van der Waals surface area contributed by atoms with Gasteiger partial charge in [0.05, 0.1) is 31.2 Å². The van der Waals surface area contributed by atoms with E-state index in [1.165, 1.54) is 30.8 Å². The molecule has 7 amide bonds. The summed E-state index contributed by atoms with van der Waals surface area (Å²) in [7, 11) is 4.53. The Morgan fingerprint density at radius 3 is 1.13 bits per heavy atom. The molecule has 8 N–H and O–H groups in total. The maximum atomic E-state index is 14.0. The molecule has 0 saturated heterocycles. The molecule has 26 heteroatoms. The predicted molar refractivity (Wildman–Crippen MR) is 514 cm³/mol. The number of benzene rings is 6. The number of alkyl carbamates (subject to hydrolysis) is 2. The van der Waals surface area contributed by atoms with Gasteiger partial charge in [-0.25, -0.2) is 14.4 Å². The van der Waals surface area contributed by atoms with E-state index in [2.05, 4.69) is 65.6 Å². The fourth-order valence-corrected chi connectivity index (χ4v) is 16.5. The Morgan fingerprint density at radius 1 is 0.447 bits per heavy atom. The minimum absolute atomic E-state index is 0.0390. The van der Waals surface area contributed by atoms with Crippen LogP contribution in [0.5, 0.6) is 0 Å². The second-order valence-electron chi connectivity index (χ2n) is 38.3. The number of aryl methyl sites for hydroxylation is 6. The minimum Gasteiger partial charge on any atom is -0.481 e. The number of Topliss-reactive ketones (excluding diaryl/α,β-unsaturated/α-hetero) is 5. The molecule has 132 heavy (non-hydrogen) atoms. The normalized spacial score (nSPS) is 19.5. The second-order valence-corrected chi connectivity index (χ2v) is 38.3. The lowest BCUT2D eigenvalue weighted by Gasteiger charge is -2.31. The van der Waals surface area contributed by atoms with Gasteiger partial charge in [0.15, 0.2) is 23.1 Å². The number of fused-ring (bicyclic) bond motifs is 15. The number of hydrogen-bond donors (Lipinski definition) is 7. The van der Waals surface area contributed by atoms with E-state index in [1.807, 2.05) is 133 Å². The van der Waals surface area contributed by atoms with Gasteiger partial charge in [-0.15, -0.1) is 0 Å². The van der Waals surface area contributed by atoms with Crippen molar-refractivity contribution >= 4 is 82.6 Å². The molecule has 9 rings (SSSR count). The Hall–Kier alpha value is -11.5. The largest absolute Gasteiger partial charge is 0.481 e. The lowest BCUT2D eigenvalue weighted by Crippen LogP contribution is -2.47. The van der Waals surface area contributed by atoms with Crippen LogP contribution in [-0.4, -0.2) is 167 Å². The van der Waals surface area contributed by atoms with Crippen LogP contribution >= 0.6 is 0 Å². The van der Waals surface area contributed by atoms with E-state index in [0.717, 1.165) is 108 Å². The van der Waals surface area contributed by atoms with Crippen molar-refractivity contribution in [2.45, 2.75) is 302 Å². The first-order valence-corrected chi connectivity index (χ1v) is 46.5. The molecule has 0 aliphatic carbocycles. The molecule has 0 saturated carbocycles. The van der Waals surface area contributed by atoms with Crippen molar-refractivity contribution in [1.82, 2.24) is 36.4 Å². The van der Waals surface area contributed by atoms with Crippen LogP contribution in [0, 0.1) is 71.1 Å². The van der Waals surface area contributed by atoms with Gasteiger partial charge in [0.25, 0.3) is 0 Å². The molecule has 12 atom stereocenters. The highest BCUT2D eigenvalue weighted by molar-refractivity contribution is 5.98. The van der Waals surface area contributed by atoms with Crippen molar-refractivity contribution in [3.63, 3.8) is 0 Å². The molecule has 3 aliphatic rings. The molecule has 0 aromatic heterocycles. The van der Waals surface area contributed by atoms with Gasteiger partial charge in [0.2, 0.25) is 29.5 Å². The van der Waals surface area contributed by atoms with Crippen LogP contribution in [0.25, 0.3) is 33.4 Å². The molecule has 0 fully saturated rings. The number of amides is 7. The third-order valence-corrected chi connectivity index (χ3v) is 24.6. The molecule has 3 heterocycles. The predicted octanol–water partition coefficient (Wildman–Crippen LogP) is 16.9. The third-order valence-electron chi connectivity index (χ3n) is 24.6. The number of aliphatic carboxylic acids is 1. The number of unbranched alkanes of at least 4 members (excludes halogenated alkanes) is 3. The summed E-state index contributed by atoms with van der Waals surface area (Å²) in [6, 6.07) is 30.9. The lowest BCUT2D eigenvalue weighted by atomic mass is 9.84. The fraction of sp³-hybridized carbons (Fsp3) is 0.528. The number of esters is 1. The fourth-order valence-electron chi connectivity index (χ4n) is 16.5. The molecule has 718 valence electrons. The number of nitrogens with zero attached hydrogens (tertiary/aromatic N) is 2. The van der Waals surface area contributed by atoms with Gasteiger partial charge in [-0.05, 0) is 267 Å². The Bertz CT molecular complexity index is 4900. The maximum Gasteiger partial charge on any atom is 0.407 e. The van der Waals surface area contributed by atoms with Crippen LogP contribution in [0.2, 0.25) is 0 Å². The molecule has 26 nitrogen and oxygen atoms in total. The first-order chi connectivity index (χ1) is 61.9. The van der Waals surface area contributed by atoms with Crippen molar-refractivity contribution in [3.05, 3.63) is 176 Å². The van der Waals surface area contributed by atoms with Gasteiger partial charge < -0.3 is 61.4 Å². The number of carboxylic acid groups (broad SMARTS) is 1. The Balaban J connectivity index is 0.000000295. The van der Waals surface area contributed by atoms with Crippen LogP contribution in [0.15, 0.2) is 109 Å². The lowest BCUT2D eigenvalue weighted by molar-refractivity contribution is -0.145. The summed E-state index contributed by atoms with van der Waals surface area (Å²) in [5.41, 5.74) is 22.5. The van der Waals surface area contributed by atoms with Gasteiger partial charge in [0.1, 0.15) is 35.1 Å². The first kappa shape index (κ1) is 109. The molecule has 6 aromatic rings. The average Bonchev–Trinajstić information content (AvgIpc) is 0.787. The Kier molecular flexibility index (Phi) is 41.7. The number of nitrogens with two attached hydrogens (primary N) is 1. The van der Waals surface area contributed by atoms with Crippen molar-refractivity contribution < 1.29 is 86.4 Å². The van der Waals surface area contributed by atoms with Crippen molar-refractivity contribution in [2.75, 3.05) is 34.3 Å². The molecule has 0 unspecified atom stereocenters. The van der Waals surface area contributed by atoms with Gasteiger partial charge >= 0.3 is 24.1 Å². The zero-order valence-corrected chi connectivity index (χ0v) is 82.4. The van der Waals surface area contributed by atoms with E-state index >= 15 is 0 Å². The van der Waals surface area contributed by atoms with Crippen LogP contribution in [0.1, 0.15) is 272 Å². The number of ketones is 5. The smallest absolute Gasteiger partial charge is 0.407 e. The molecular weight excluding hydrogens is 1670 g/mol. The number of carbonyl (C=O) groups excluding carboxylic acids is 13. The number of rotatable bonds is 22. The molecular formula is C106H146N8O18. The molecule has 12 bridgehead atoms. The number of hydrogen-bond acceptors (Lipinski definition) is 18. The topological polar surface area (TPSA) is 380 Å². The monoisotopic (exact) mass is 1820 g/mol. The van der Waals surface area contributed by atoms with E-state index in [0.29, 0.717) is 88.4 Å². The molecule has 3 aliphatic heterocycles. The summed E-state index contributed by atoms with van der Waals surface area (Å²) in [4.78, 5) is 182. The Morgan fingerprint density at radius 2 is 0.773 bits per heavy atom. The van der Waals surface area contributed by atoms with Crippen molar-refractivity contribution in [1.29, 1.82) is 0 Å². The second kappa shape index (κ2) is 50.4. The van der Waals surface area contributed by atoms with Crippen LogP contribution < -0.4 is 32.3 Å². The molecule has 0 spiro atoms. The average molecular weight is 1820 g/mol. The van der Waals surface area contributed by atoms with Gasteiger partial charge in [0, 0.05) is 82.5 Å². The number of carboxylic acids is 1. The summed E-state index contributed by atoms with van der Waals surface area (Å²) in [5.74, 6) is -6.41. The summed E-state index contributed by atoms with van der Waals surface area (Å²) in [6.07, 6.45) is 7.03. The highest BCUT2D eigenvalue weighted by Gasteiger charge is 2.38. The van der Waals surface area contributed by atoms with Gasteiger partial charge in [-0.2, -0.15) is 0 Å². The summed E-state index contributed by atoms with van der Waals surface area (Å²) in [5, 5.41) is 22.4. The van der Waals surface area contributed by atoms with E-state index in [4.69, 9.17) is 25.1 Å². The number of methoxy groups -OCH3 is 1. The minimum atomic E-state index is -0.975. The standard InChI is InChI=1S/C37H51N3O6.C36H50N4O6.C26H31NO4.C7H14O2/c1-22-13-15-27-19-29(22)30-21-28(16-14-23(30)2)33(32(42)18-25(4)34(43)39-31(20-27)26(5)41)40(9)35(44)24(3)12-10-11-17-38-36(45)46-37(6,7)8;1-21-12-14-25-18-27(21)28-20-26(15-13-22(28)2)32(31(42)17-23(3)33(43)39-30(19-25)24(4)41)40(8)34(44)29(37)11-9-10-16-38-35(45)46-36(5,6)7;1-6-20-19-10-8-16(3)22(14-19)21-12-18(9-7-15(21)2)13-23(26(30)31-5)27-25(29)17(4)11-24(20)28;1-3-4-5-6(2)7(8)9/h13-16,19,21,24-25,31,33H,10-12,17-18,20H2,1-9H3,(H,38,45)(H,39,43);12-15,18,20,23,29-30,32H,9-11,16-17,19,37H2,1-8H3,(H,38,45)(H,39,43);7-10,12,14,17,20,23H,6,11,13H2,1-5H3,(H,27,29);6H,3-5H2,1-2H3,(H,8,9)/t24-,25+,31-,33-;23-,29+,30+,32+;17-,20+,23+;6-/m0110/s1. The first-order valence-electron chi connectivity index (χ1n) is 46.5. The highest BCUT2D eigenvalue weighted by Crippen LogP contribution is 2.39. The van der Waals surface area contributed by atoms with Crippen molar-refractivity contribution in [2.24, 2.45) is 35.3 Å². The van der Waals surface area contributed by atoms with Crippen LogP contribution in [0.3, 0.4) is 0 Å². The van der Waals surface area contributed by atoms with Crippen molar-refractivity contribution in [3.8, 4) is 33.4 Å². The summed E-state index contributed by atoms with van der Waals surface area (Å²) >= 11 is 0. The summed E-state index contributed by atoms with van der Waals surface area (Å²) < 4.78 is 15.4. The third kappa shape index (κ3) is 32.4. The van der Waals surface area contributed by atoms with E-state index in [9.17, 15) is 67.1 Å². The SMILES string of the molecule is CC(=O)[C@@H]1Cc2ccc(C)c(c2)-c2cc(ccc2C)[C@H](N(C)C(=O)[C@@H](C)CCCCNC(=O)OC(C)(C)C)C(=O)C[C@@H](C)C(=O)N1.CC(=O)[C@@H]1Cc2ccc(C)c(c2)-c2cc(ccc2C)[C@H](N(C)C(=O)[C@@H](N)CCCCNC(=O)OC(C)(C)C)C(=O)C[C@@H](C)C(=O)N1.CCCC[C@H](C)C(=O)O.CC[C@@H]1C(=O)C[C@@H](C)C(=O)N[C@H](C(=O)OC)Cc2ccc(C)c(c2)-c2cc1ccc2C. The van der Waals surface area contributed by atoms with E-state index < -0.39 is 101 Å². The number of carbonyl (C=O) groups is 14. The summed E-state index contributed by atoms with van der Waals surface area (Å²) in [6.45, 7) is 39.4. The van der Waals surface area contributed by atoms with Crippen LogP contribution in [0.4, 0.5) is 9.59 Å². The van der Waals surface area contributed by atoms with Crippen LogP contribution in [-0.2, 0) is 91.0 Å². The van der Waals surface area contributed by atoms with Gasteiger partial charge in [-0.3, -0.25) is 52.7 Å². The van der Waals surface area contributed by atoms with E-state index in [1.54, 1.807) is 83.3 Å². The van der Waals surface area contributed by atoms with Gasteiger partial charge in [-0.1, -0.05) is 165 Å². The Labute approximate surface area is 781 Å². The number of likely N-dealkylation sites (N-methyl/N-ethyl adjacent to an activating group) is 2. The molecule has 0 radical (unpaired) electrons. The number of nitrogens with one attached hydrogen (secondary N) is 5. The maximum absolute atomic E-state index is 14.0. The van der Waals surface area contributed by atoms with E-state index in [-0.39, 0.29) is 83.7 Å². The zero-order valence-electron chi connectivity index (χ0n) is 82.4.